The number of nitrogens with one attached hydrogen (secondary N) is 3. The maximum absolute atomic E-state index is 12.3. The predicted molar refractivity (Wildman–Crippen MR) is 92.9 cm³/mol. The lowest BCUT2D eigenvalue weighted by Crippen LogP contribution is -2.58. The minimum atomic E-state index is -1.21. The highest BCUT2D eigenvalue weighted by molar-refractivity contribution is 7.80. The molecule has 25 heavy (non-hydrogen) atoms. The van der Waals surface area contributed by atoms with Gasteiger partial charge in [-0.1, -0.05) is 13.8 Å². The molecular weight excluding hydrogens is 352 g/mol. The first kappa shape index (κ1) is 23.1. The molecule has 0 aromatic rings. The molecule has 0 saturated carbocycles. The molecule has 0 fully saturated rings. The van der Waals surface area contributed by atoms with Crippen LogP contribution >= 0.6 is 12.6 Å². The molecule has 4 unspecified atom stereocenters. The maximum Gasteiger partial charge on any atom is 0.325 e. The molecule has 0 saturated heterocycles. The van der Waals surface area contributed by atoms with Gasteiger partial charge in [0.15, 0.2) is 0 Å². The van der Waals surface area contributed by atoms with Crippen LogP contribution in [0.5, 0.6) is 0 Å². The number of aliphatic hydroxyl groups excluding tert-OH is 1. The van der Waals surface area contributed by atoms with Gasteiger partial charge in [-0.15, -0.1) is 0 Å². The van der Waals surface area contributed by atoms with E-state index in [2.05, 4.69) is 28.6 Å². The highest BCUT2D eigenvalue weighted by atomic mass is 32.1. The van der Waals surface area contributed by atoms with Crippen LogP contribution in [0.3, 0.4) is 0 Å². The Bertz CT molecular complexity index is 502. The van der Waals surface area contributed by atoms with Gasteiger partial charge in [0.2, 0.25) is 17.7 Å². The van der Waals surface area contributed by atoms with E-state index >= 15 is 0 Å². The SMILES string of the molecule is CC(NC(=O)C(NC(=O)C(CS)NC(=O)C(N)CO)C(C)C)C(=O)O. The second-order valence-corrected chi connectivity index (χ2v) is 6.20. The smallest absolute Gasteiger partial charge is 0.325 e. The average molecular weight is 378 g/mol. The molecule has 0 spiro atoms. The van der Waals surface area contributed by atoms with Gasteiger partial charge in [-0.25, -0.2) is 0 Å². The lowest BCUT2D eigenvalue weighted by atomic mass is 10.0. The molecule has 0 aliphatic heterocycles. The molecule has 0 aromatic heterocycles. The minimum absolute atomic E-state index is 0.0618. The highest BCUT2D eigenvalue weighted by Gasteiger charge is 2.30. The van der Waals surface area contributed by atoms with Crippen LogP contribution in [0.25, 0.3) is 0 Å². The Kier molecular flexibility index (Phi) is 10.1. The third-order valence-electron chi connectivity index (χ3n) is 3.33. The number of rotatable bonds is 10. The number of aliphatic carboxylic acids is 1. The van der Waals surface area contributed by atoms with E-state index in [4.69, 9.17) is 15.9 Å². The molecule has 144 valence electrons. The van der Waals surface area contributed by atoms with Crippen molar-refractivity contribution in [3.05, 3.63) is 0 Å². The van der Waals surface area contributed by atoms with Gasteiger partial charge < -0.3 is 31.9 Å². The zero-order valence-electron chi connectivity index (χ0n) is 14.4. The molecule has 0 rings (SSSR count). The zero-order valence-corrected chi connectivity index (χ0v) is 15.2. The Morgan fingerprint density at radius 1 is 1.00 bits per heavy atom. The van der Waals surface area contributed by atoms with E-state index in [0.717, 1.165) is 0 Å². The van der Waals surface area contributed by atoms with Crippen LogP contribution in [-0.4, -0.2) is 70.4 Å². The predicted octanol–water partition coefficient (Wildman–Crippen LogP) is -2.55. The number of hydrogen-bond donors (Lipinski definition) is 7. The van der Waals surface area contributed by atoms with Crippen molar-refractivity contribution in [2.45, 2.75) is 44.9 Å². The largest absolute Gasteiger partial charge is 0.480 e. The van der Waals surface area contributed by atoms with E-state index in [9.17, 15) is 19.2 Å². The molecule has 10 nitrogen and oxygen atoms in total. The second-order valence-electron chi connectivity index (χ2n) is 5.83. The Morgan fingerprint density at radius 2 is 1.56 bits per heavy atom. The van der Waals surface area contributed by atoms with E-state index in [1.807, 2.05) is 0 Å². The number of carboxylic acid groups (broad SMARTS) is 1. The molecule has 0 aliphatic rings. The Morgan fingerprint density at radius 3 is 1.96 bits per heavy atom. The van der Waals surface area contributed by atoms with E-state index in [1.165, 1.54) is 6.92 Å². The third-order valence-corrected chi connectivity index (χ3v) is 3.69. The molecule has 3 amide bonds. The minimum Gasteiger partial charge on any atom is -0.480 e. The molecule has 0 aliphatic carbocycles. The number of aliphatic hydroxyl groups is 1. The fraction of sp³-hybridized carbons (Fsp3) is 0.714. The van der Waals surface area contributed by atoms with Crippen LogP contribution in [0, 0.1) is 5.92 Å². The Hall–Kier alpha value is -1.85. The summed E-state index contributed by atoms with van der Waals surface area (Å²) in [6.07, 6.45) is 0. The number of carboxylic acids is 1. The number of thiol groups is 1. The average Bonchev–Trinajstić information content (AvgIpc) is 2.55. The molecular formula is C14H26N4O6S. The van der Waals surface area contributed by atoms with Gasteiger partial charge in [-0.2, -0.15) is 12.6 Å². The van der Waals surface area contributed by atoms with Gasteiger partial charge in [0.25, 0.3) is 0 Å². The maximum atomic E-state index is 12.3. The summed E-state index contributed by atoms with van der Waals surface area (Å²) in [5, 5.41) is 24.7. The quantitative estimate of drug-likeness (QED) is 0.205. The summed E-state index contributed by atoms with van der Waals surface area (Å²) in [4.78, 5) is 47.0. The number of amides is 3. The lowest BCUT2D eigenvalue weighted by molar-refractivity contribution is -0.142. The van der Waals surface area contributed by atoms with E-state index in [0.29, 0.717) is 0 Å². The van der Waals surface area contributed by atoms with Crippen molar-refractivity contribution >= 4 is 36.3 Å². The summed E-state index contributed by atoms with van der Waals surface area (Å²) in [6.45, 7) is 4.06. The summed E-state index contributed by atoms with van der Waals surface area (Å²) in [5.41, 5.74) is 5.36. The zero-order chi connectivity index (χ0) is 19.7. The fourth-order valence-electron chi connectivity index (χ4n) is 1.71. The van der Waals surface area contributed by atoms with Gasteiger partial charge in [0, 0.05) is 5.75 Å². The number of carbonyl (C=O) groups is 4. The topological polar surface area (TPSA) is 171 Å². The fourth-order valence-corrected chi connectivity index (χ4v) is 1.97. The molecule has 11 heteroatoms. The van der Waals surface area contributed by atoms with E-state index in [1.54, 1.807) is 13.8 Å². The van der Waals surface area contributed by atoms with Crippen LogP contribution < -0.4 is 21.7 Å². The van der Waals surface area contributed by atoms with Gasteiger partial charge in [0.1, 0.15) is 24.2 Å². The van der Waals surface area contributed by atoms with Crippen molar-refractivity contribution in [3.63, 3.8) is 0 Å². The van der Waals surface area contributed by atoms with Gasteiger partial charge in [-0.05, 0) is 12.8 Å². The Labute approximate surface area is 151 Å². The first-order valence-electron chi connectivity index (χ1n) is 7.66. The van der Waals surface area contributed by atoms with E-state index in [-0.39, 0.29) is 11.7 Å². The second kappa shape index (κ2) is 10.9. The van der Waals surface area contributed by atoms with Crippen molar-refractivity contribution in [1.82, 2.24) is 16.0 Å². The summed E-state index contributed by atoms with van der Waals surface area (Å²) in [5.74, 6) is -3.67. The lowest BCUT2D eigenvalue weighted by Gasteiger charge is -2.25. The molecule has 0 aromatic carbocycles. The molecule has 0 radical (unpaired) electrons. The highest BCUT2D eigenvalue weighted by Crippen LogP contribution is 2.04. The summed E-state index contributed by atoms with van der Waals surface area (Å²) in [7, 11) is 0. The van der Waals surface area contributed by atoms with Crippen molar-refractivity contribution in [1.29, 1.82) is 0 Å². The monoisotopic (exact) mass is 378 g/mol. The van der Waals surface area contributed by atoms with Crippen LogP contribution in [0.1, 0.15) is 20.8 Å². The third kappa shape index (κ3) is 7.71. The van der Waals surface area contributed by atoms with Crippen molar-refractivity contribution in [3.8, 4) is 0 Å². The first-order chi connectivity index (χ1) is 11.5. The van der Waals surface area contributed by atoms with Crippen LogP contribution in [0.2, 0.25) is 0 Å². The van der Waals surface area contributed by atoms with Crippen molar-refractivity contribution in [2.75, 3.05) is 12.4 Å². The van der Waals surface area contributed by atoms with Gasteiger partial charge >= 0.3 is 5.97 Å². The summed E-state index contributed by atoms with van der Waals surface area (Å²) in [6, 6.07) is -4.37. The van der Waals surface area contributed by atoms with Gasteiger partial charge in [-0.3, -0.25) is 19.2 Å². The van der Waals surface area contributed by atoms with Gasteiger partial charge in [0.05, 0.1) is 6.61 Å². The van der Waals surface area contributed by atoms with Crippen LogP contribution in [0.4, 0.5) is 0 Å². The normalized spacial score (nSPS) is 15.6. The Balaban J connectivity index is 4.99. The summed E-state index contributed by atoms with van der Waals surface area (Å²) < 4.78 is 0. The van der Waals surface area contributed by atoms with Crippen molar-refractivity contribution in [2.24, 2.45) is 11.7 Å². The van der Waals surface area contributed by atoms with Crippen molar-refractivity contribution < 1.29 is 29.4 Å². The molecule has 0 heterocycles. The van der Waals surface area contributed by atoms with E-state index < -0.39 is 54.5 Å². The summed E-state index contributed by atoms with van der Waals surface area (Å²) >= 11 is 3.98. The number of carbonyl (C=O) groups excluding carboxylic acids is 3. The standard InChI is InChI=1S/C14H26N4O6S/c1-6(2)10(13(22)16-7(3)14(23)24)18-12(21)9(5-25)17-11(20)8(15)4-19/h6-10,19,25H,4-5,15H2,1-3H3,(H,16,22)(H,17,20)(H,18,21)(H,23,24). The number of hydrogen-bond acceptors (Lipinski definition) is 7. The first-order valence-corrected chi connectivity index (χ1v) is 8.29. The molecule has 4 atom stereocenters. The van der Waals surface area contributed by atoms with Crippen LogP contribution in [0.15, 0.2) is 0 Å². The molecule has 0 bridgehead atoms. The van der Waals surface area contributed by atoms with Crippen LogP contribution in [-0.2, 0) is 19.2 Å². The molecule has 7 N–H and O–H groups in total. The number of nitrogens with two attached hydrogens (primary N) is 1.